The normalized spacial score (nSPS) is 11.7. The summed E-state index contributed by atoms with van der Waals surface area (Å²) in [4.78, 5) is 0. The van der Waals surface area contributed by atoms with E-state index < -0.39 is 47.7 Å². The zero-order valence-corrected chi connectivity index (χ0v) is 14.8. The number of halogens is 7. The Kier molecular flexibility index (Phi) is 5.59. The maximum absolute atomic E-state index is 14.0. The highest BCUT2D eigenvalue weighted by Gasteiger charge is 2.37. The molecule has 0 spiro atoms. The van der Waals surface area contributed by atoms with E-state index in [4.69, 9.17) is 4.74 Å². The van der Waals surface area contributed by atoms with E-state index in [0.717, 1.165) is 22.8 Å². The van der Waals surface area contributed by atoms with Crippen molar-refractivity contribution in [2.24, 2.45) is 0 Å². The van der Waals surface area contributed by atoms with Crippen LogP contribution in [0.25, 0.3) is 10.8 Å². The molecule has 0 radical (unpaired) electrons. The second-order valence-electron chi connectivity index (χ2n) is 6.12. The van der Waals surface area contributed by atoms with Crippen LogP contribution < -0.4 is 9.47 Å². The number of benzene rings is 3. The van der Waals surface area contributed by atoms with Crippen LogP contribution in [0.5, 0.6) is 11.5 Å². The number of alkyl halides is 3. The van der Waals surface area contributed by atoms with Crippen molar-refractivity contribution in [2.75, 3.05) is 0 Å². The van der Waals surface area contributed by atoms with Gasteiger partial charge in [-0.3, -0.25) is 0 Å². The van der Waals surface area contributed by atoms with Gasteiger partial charge in [-0.1, -0.05) is 37.3 Å². The smallest absolute Gasteiger partial charge is 0.483 e. The van der Waals surface area contributed by atoms with E-state index in [1.807, 2.05) is 25.1 Å². The summed E-state index contributed by atoms with van der Waals surface area (Å²) >= 11 is 0. The van der Waals surface area contributed by atoms with Crippen molar-refractivity contribution in [3.63, 3.8) is 0 Å². The molecule has 0 saturated carbocycles. The van der Waals surface area contributed by atoms with Crippen LogP contribution in [0.3, 0.4) is 0 Å². The largest absolute Gasteiger partial charge is 0.573 e. The zero-order chi connectivity index (χ0) is 21.3. The molecule has 0 fully saturated rings. The molecule has 0 aliphatic rings. The lowest BCUT2D eigenvalue weighted by molar-refractivity contribution is -0.276. The van der Waals surface area contributed by atoms with Crippen LogP contribution in [0.15, 0.2) is 36.4 Å². The molecule has 0 aliphatic heterocycles. The van der Waals surface area contributed by atoms with Crippen LogP contribution in [-0.2, 0) is 13.0 Å². The van der Waals surface area contributed by atoms with E-state index in [9.17, 15) is 30.7 Å². The lowest BCUT2D eigenvalue weighted by atomic mass is 10.0. The summed E-state index contributed by atoms with van der Waals surface area (Å²) in [5.74, 6) is -12.6. The molecule has 0 unspecified atom stereocenters. The molecule has 0 aromatic heterocycles. The number of hydrogen-bond donors (Lipinski definition) is 0. The first-order chi connectivity index (χ1) is 13.6. The van der Waals surface area contributed by atoms with Crippen molar-refractivity contribution < 1.29 is 40.2 Å². The maximum Gasteiger partial charge on any atom is 0.573 e. The third-order valence-corrected chi connectivity index (χ3v) is 4.16. The molecule has 0 atom stereocenters. The number of hydrogen-bond acceptors (Lipinski definition) is 2. The summed E-state index contributed by atoms with van der Waals surface area (Å²) in [6, 6.07) is 10.7. The third kappa shape index (κ3) is 4.38. The molecule has 0 N–H and O–H groups in total. The topological polar surface area (TPSA) is 18.5 Å². The van der Waals surface area contributed by atoms with Crippen LogP contribution >= 0.6 is 0 Å². The monoisotopic (exact) mass is 418 g/mol. The van der Waals surface area contributed by atoms with Gasteiger partial charge in [0.05, 0.1) is 0 Å². The highest BCUT2D eigenvalue weighted by Crippen LogP contribution is 2.37. The Balaban J connectivity index is 1.88. The van der Waals surface area contributed by atoms with Gasteiger partial charge in [0.2, 0.25) is 29.0 Å². The lowest BCUT2D eigenvalue weighted by Gasteiger charge is -2.15. The second kappa shape index (κ2) is 7.81. The minimum Gasteiger partial charge on any atom is -0.483 e. The van der Waals surface area contributed by atoms with Gasteiger partial charge in [0.15, 0.2) is 5.75 Å². The molecular formula is C20H13F7O2. The summed E-state index contributed by atoms with van der Waals surface area (Å²) in [5, 5.41) is 1.71. The molecule has 0 amide bonds. The average Bonchev–Trinajstić information content (AvgIpc) is 2.68. The lowest BCUT2D eigenvalue weighted by Crippen LogP contribution is -2.20. The fourth-order valence-corrected chi connectivity index (χ4v) is 2.73. The van der Waals surface area contributed by atoms with E-state index in [-0.39, 0.29) is 0 Å². The third-order valence-electron chi connectivity index (χ3n) is 4.16. The fraction of sp³-hybridized carbons (Fsp3) is 0.200. The van der Waals surface area contributed by atoms with Gasteiger partial charge in [0, 0.05) is 0 Å². The number of fused-ring (bicyclic) bond motifs is 1. The van der Waals surface area contributed by atoms with Gasteiger partial charge in [0.1, 0.15) is 6.61 Å². The van der Waals surface area contributed by atoms with Crippen molar-refractivity contribution in [1.82, 2.24) is 0 Å². The standard InChI is InChI=1S/C20H13F7O2/c1-2-10-3-5-13-8-11(4-6-12(13)7-10)9-28-18-14(21)16(23)19(17(24)15(18)22)29-20(25,26)27/h3-8H,2,9H2,1H3. The molecule has 0 saturated heterocycles. The van der Waals surface area contributed by atoms with Gasteiger partial charge < -0.3 is 9.47 Å². The molecule has 0 aliphatic carbocycles. The highest BCUT2D eigenvalue weighted by atomic mass is 19.4. The van der Waals surface area contributed by atoms with Crippen molar-refractivity contribution in [3.8, 4) is 11.5 Å². The molecule has 3 aromatic carbocycles. The van der Waals surface area contributed by atoms with E-state index in [2.05, 4.69) is 4.74 Å². The molecule has 3 aromatic rings. The molecule has 3 rings (SSSR count). The van der Waals surface area contributed by atoms with Crippen LogP contribution in [-0.4, -0.2) is 6.36 Å². The van der Waals surface area contributed by atoms with E-state index in [1.165, 1.54) is 0 Å². The van der Waals surface area contributed by atoms with Crippen molar-refractivity contribution in [1.29, 1.82) is 0 Å². The summed E-state index contributed by atoms with van der Waals surface area (Å²) in [5.41, 5.74) is 1.54. The summed E-state index contributed by atoms with van der Waals surface area (Å²) in [7, 11) is 0. The van der Waals surface area contributed by atoms with Crippen molar-refractivity contribution >= 4 is 10.8 Å². The Morgan fingerprint density at radius 1 is 0.724 bits per heavy atom. The Morgan fingerprint density at radius 2 is 1.21 bits per heavy atom. The SMILES string of the molecule is CCc1ccc2cc(COc3c(F)c(F)c(OC(F)(F)F)c(F)c3F)ccc2c1. The summed E-state index contributed by atoms with van der Waals surface area (Å²) in [6.45, 7) is 1.52. The number of rotatable bonds is 5. The quantitative estimate of drug-likeness (QED) is 0.351. The van der Waals surface area contributed by atoms with Gasteiger partial charge in [-0.2, -0.15) is 17.6 Å². The van der Waals surface area contributed by atoms with Crippen molar-refractivity contribution in [2.45, 2.75) is 26.3 Å². The predicted octanol–water partition coefficient (Wildman–Crippen LogP) is 6.44. The summed E-state index contributed by atoms with van der Waals surface area (Å²) < 4.78 is 99.8. The highest BCUT2D eigenvalue weighted by molar-refractivity contribution is 5.83. The molecule has 2 nitrogen and oxygen atoms in total. The van der Waals surface area contributed by atoms with Gasteiger partial charge in [-0.25, -0.2) is 0 Å². The second-order valence-corrected chi connectivity index (χ2v) is 6.12. The maximum atomic E-state index is 14.0. The van der Waals surface area contributed by atoms with Crippen LogP contribution in [0, 0.1) is 23.3 Å². The van der Waals surface area contributed by atoms with Gasteiger partial charge in [-0.15, -0.1) is 13.2 Å². The molecule has 9 heteroatoms. The fourth-order valence-electron chi connectivity index (χ4n) is 2.73. The Morgan fingerprint density at radius 3 is 1.72 bits per heavy atom. The first-order valence-corrected chi connectivity index (χ1v) is 8.36. The summed E-state index contributed by atoms with van der Waals surface area (Å²) in [6.07, 6.45) is -4.70. The first-order valence-electron chi connectivity index (χ1n) is 8.36. The number of aryl methyl sites for hydroxylation is 1. The Hall–Kier alpha value is -2.97. The van der Waals surface area contributed by atoms with E-state index in [0.29, 0.717) is 5.56 Å². The van der Waals surface area contributed by atoms with Crippen molar-refractivity contribution in [3.05, 3.63) is 70.8 Å². The zero-order valence-electron chi connectivity index (χ0n) is 14.8. The van der Waals surface area contributed by atoms with E-state index in [1.54, 1.807) is 18.2 Å². The predicted molar refractivity (Wildman–Crippen MR) is 90.6 cm³/mol. The van der Waals surface area contributed by atoms with E-state index >= 15 is 0 Å². The number of ether oxygens (including phenoxy) is 2. The first kappa shape index (κ1) is 20.8. The van der Waals surface area contributed by atoms with Crippen LogP contribution in [0.4, 0.5) is 30.7 Å². The Labute approximate surface area is 160 Å². The molecule has 0 bridgehead atoms. The average molecular weight is 418 g/mol. The van der Waals surface area contributed by atoms with Crippen LogP contribution in [0.1, 0.15) is 18.1 Å². The van der Waals surface area contributed by atoms with Gasteiger partial charge in [0.25, 0.3) is 0 Å². The minimum atomic E-state index is -5.54. The molecule has 29 heavy (non-hydrogen) atoms. The molecular weight excluding hydrogens is 405 g/mol. The van der Waals surface area contributed by atoms with Gasteiger partial charge in [-0.05, 0) is 34.4 Å². The molecule has 0 heterocycles. The molecule has 154 valence electrons. The Bertz CT molecular complexity index is 1030. The van der Waals surface area contributed by atoms with Gasteiger partial charge >= 0.3 is 6.36 Å². The minimum absolute atomic E-state index is 0.428. The van der Waals surface area contributed by atoms with Crippen LogP contribution in [0.2, 0.25) is 0 Å².